The van der Waals surface area contributed by atoms with E-state index in [4.69, 9.17) is 26.3 Å². The fourth-order valence-corrected chi connectivity index (χ4v) is 3.73. The van der Waals surface area contributed by atoms with Gasteiger partial charge in [0.05, 0.1) is 15.5 Å². The van der Waals surface area contributed by atoms with Crippen LogP contribution in [0.5, 0.6) is 11.5 Å². The molecule has 0 bridgehead atoms. The van der Waals surface area contributed by atoms with Gasteiger partial charge < -0.3 is 9.47 Å². The molecule has 0 spiro atoms. The highest BCUT2D eigenvalue weighted by molar-refractivity contribution is 7.89. The number of hydrogen-bond acceptors (Lipinski definition) is 5. The van der Waals surface area contributed by atoms with Gasteiger partial charge in [-0.1, -0.05) is 17.7 Å². The van der Waals surface area contributed by atoms with Crippen molar-refractivity contribution < 1.29 is 17.9 Å². The molecule has 1 unspecified atom stereocenters. The molecule has 6 nitrogen and oxygen atoms in total. The van der Waals surface area contributed by atoms with E-state index < -0.39 is 16.1 Å². The molecule has 0 fully saturated rings. The van der Waals surface area contributed by atoms with Gasteiger partial charge in [0.25, 0.3) is 0 Å². The number of benzene rings is 2. The van der Waals surface area contributed by atoms with Crippen LogP contribution in [0.1, 0.15) is 24.1 Å². The summed E-state index contributed by atoms with van der Waals surface area (Å²) >= 11 is 5.84. The molecule has 1 heterocycles. The lowest BCUT2D eigenvalue weighted by molar-refractivity contribution is 0.174. The highest BCUT2D eigenvalue weighted by Crippen LogP contribution is 2.34. The Hall–Kier alpha value is -2.27. The topological polar surface area (TPSA) is 88.4 Å². The van der Waals surface area contributed by atoms with E-state index in [0.29, 0.717) is 11.5 Å². The molecule has 1 aliphatic rings. The Balaban J connectivity index is 1.85. The van der Waals surface area contributed by atoms with E-state index in [2.05, 4.69) is 4.72 Å². The Bertz CT molecular complexity index is 938. The predicted octanol–water partition coefficient (Wildman–Crippen LogP) is 2.98. The molecule has 2 aromatic rings. The van der Waals surface area contributed by atoms with Gasteiger partial charge >= 0.3 is 0 Å². The summed E-state index contributed by atoms with van der Waals surface area (Å²) in [7, 11) is -3.80. The smallest absolute Gasteiger partial charge is 0.241 e. The van der Waals surface area contributed by atoms with Crippen molar-refractivity contribution in [1.29, 1.82) is 5.26 Å². The summed E-state index contributed by atoms with van der Waals surface area (Å²) in [6.45, 7) is 1.87. The van der Waals surface area contributed by atoms with Gasteiger partial charge in [-0.3, -0.25) is 0 Å². The van der Waals surface area contributed by atoms with Crippen molar-refractivity contribution in [1.82, 2.24) is 4.72 Å². The number of nitriles is 1. The van der Waals surface area contributed by atoms with E-state index in [0.717, 1.165) is 5.56 Å². The molecule has 0 saturated heterocycles. The normalized spacial score (nSPS) is 14.2. The van der Waals surface area contributed by atoms with Crippen LogP contribution in [0.4, 0.5) is 0 Å². The van der Waals surface area contributed by atoms with E-state index in [-0.39, 0.29) is 22.3 Å². The Morgan fingerprint density at radius 1 is 1.21 bits per heavy atom. The van der Waals surface area contributed by atoms with Crippen LogP contribution < -0.4 is 14.2 Å². The largest absolute Gasteiger partial charge is 0.454 e. The van der Waals surface area contributed by atoms with Gasteiger partial charge in [0.1, 0.15) is 6.07 Å². The summed E-state index contributed by atoms with van der Waals surface area (Å²) in [4.78, 5) is -0.0176. The number of ether oxygens (including phenoxy) is 2. The SMILES string of the molecule is CC(NS(=O)(=O)c1ccc(Cl)c(C#N)c1)c1ccc2c(c1)OCO2. The zero-order valence-corrected chi connectivity index (χ0v) is 14.2. The second-order valence-electron chi connectivity index (χ2n) is 5.21. The van der Waals surface area contributed by atoms with E-state index in [1.807, 2.05) is 6.07 Å². The highest BCUT2D eigenvalue weighted by atomic mass is 35.5. The third kappa shape index (κ3) is 3.17. The first-order valence-corrected chi connectivity index (χ1v) is 8.88. The molecule has 1 aliphatic heterocycles. The van der Waals surface area contributed by atoms with Crippen LogP contribution >= 0.6 is 11.6 Å². The monoisotopic (exact) mass is 364 g/mol. The molecular weight excluding hydrogens is 352 g/mol. The Morgan fingerprint density at radius 2 is 1.96 bits per heavy atom. The third-order valence-corrected chi connectivity index (χ3v) is 5.47. The maximum atomic E-state index is 12.5. The second-order valence-corrected chi connectivity index (χ2v) is 7.33. The lowest BCUT2D eigenvalue weighted by atomic mass is 10.1. The molecule has 1 atom stereocenters. The van der Waals surface area contributed by atoms with Gasteiger partial charge in [0, 0.05) is 6.04 Å². The van der Waals surface area contributed by atoms with E-state index in [9.17, 15) is 8.42 Å². The molecule has 0 amide bonds. The van der Waals surface area contributed by atoms with Crippen molar-refractivity contribution in [2.75, 3.05) is 6.79 Å². The maximum Gasteiger partial charge on any atom is 0.241 e. The minimum Gasteiger partial charge on any atom is -0.454 e. The number of hydrogen-bond donors (Lipinski definition) is 1. The molecule has 2 aromatic carbocycles. The van der Waals surface area contributed by atoms with Crippen LogP contribution in [0.15, 0.2) is 41.3 Å². The van der Waals surface area contributed by atoms with Gasteiger partial charge in [-0.05, 0) is 42.8 Å². The predicted molar refractivity (Wildman–Crippen MR) is 87.5 cm³/mol. The van der Waals surface area contributed by atoms with Crippen LogP contribution in [0.3, 0.4) is 0 Å². The Kier molecular flexibility index (Phi) is 4.37. The average Bonchev–Trinajstić information content (AvgIpc) is 3.02. The standard InChI is InChI=1S/C16H13ClN2O4S/c1-10(11-2-5-15-16(7-11)23-9-22-15)19-24(20,21)13-3-4-14(17)12(6-13)8-18/h2-7,10,19H,9H2,1H3. The van der Waals surface area contributed by atoms with Gasteiger partial charge in [-0.2, -0.15) is 5.26 Å². The Morgan fingerprint density at radius 3 is 2.71 bits per heavy atom. The number of nitrogens with one attached hydrogen (secondary N) is 1. The summed E-state index contributed by atoms with van der Waals surface area (Å²) in [5.41, 5.74) is 0.840. The van der Waals surface area contributed by atoms with Crippen molar-refractivity contribution in [3.63, 3.8) is 0 Å². The number of sulfonamides is 1. The molecule has 0 aromatic heterocycles. The van der Waals surface area contributed by atoms with Crippen LogP contribution in [0.2, 0.25) is 5.02 Å². The van der Waals surface area contributed by atoms with Crippen LogP contribution in [-0.4, -0.2) is 15.2 Å². The maximum absolute atomic E-state index is 12.5. The molecule has 0 aliphatic carbocycles. The average molecular weight is 365 g/mol. The first-order valence-electron chi connectivity index (χ1n) is 7.02. The first-order chi connectivity index (χ1) is 11.4. The number of fused-ring (bicyclic) bond motifs is 1. The van der Waals surface area contributed by atoms with Crippen molar-refractivity contribution >= 4 is 21.6 Å². The van der Waals surface area contributed by atoms with Crippen LogP contribution in [0.25, 0.3) is 0 Å². The van der Waals surface area contributed by atoms with Crippen molar-refractivity contribution in [2.24, 2.45) is 0 Å². The fourth-order valence-electron chi connectivity index (χ4n) is 2.31. The highest BCUT2D eigenvalue weighted by Gasteiger charge is 2.21. The zero-order valence-electron chi connectivity index (χ0n) is 12.6. The number of halogens is 1. The van der Waals surface area contributed by atoms with Crippen LogP contribution in [-0.2, 0) is 10.0 Å². The molecule has 1 N–H and O–H groups in total. The van der Waals surface area contributed by atoms with Gasteiger partial charge in [-0.15, -0.1) is 0 Å². The van der Waals surface area contributed by atoms with E-state index >= 15 is 0 Å². The second kappa shape index (κ2) is 6.32. The molecule has 8 heteroatoms. The lowest BCUT2D eigenvalue weighted by Crippen LogP contribution is -2.27. The molecule has 0 saturated carbocycles. The van der Waals surface area contributed by atoms with Gasteiger partial charge in [0.15, 0.2) is 11.5 Å². The van der Waals surface area contributed by atoms with E-state index in [1.54, 1.807) is 25.1 Å². The number of rotatable bonds is 4. The molecule has 124 valence electrons. The summed E-state index contributed by atoms with van der Waals surface area (Å²) in [5.74, 6) is 1.21. The summed E-state index contributed by atoms with van der Waals surface area (Å²) < 4.78 is 38.1. The molecular formula is C16H13ClN2O4S. The van der Waals surface area contributed by atoms with Crippen LogP contribution in [0, 0.1) is 11.3 Å². The van der Waals surface area contributed by atoms with Crippen molar-refractivity contribution in [2.45, 2.75) is 17.9 Å². The minimum atomic E-state index is -3.80. The molecule has 24 heavy (non-hydrogen) atoms. The van der Waals surface area contributed by atoms with Gasteiger partial charge in [0.2, 0.25) is 16.8 Å². The van der Waals surface area contributed by atoms with E-state index in [1.165, 1.54) is 18.2 Å². The van der Waals surface area contributed by atoms with Gasteiger partial charge in [-0.25, -0.2) is 13.1 Å². The zero-order chi connectivity index (χ0) is 17.3. The third-order valence-electron chi connectivity index (χ3n) is 3.60. The minimum absolute atomic E-state index is 0.0176. The molecule has 0 radical (unpaired) electrons. The summed E-state index contributed by atoms with van der Waals surface area (Å²) in [5, 5.41) is 9.19. The molecule has 3 rings (SSSR count). The quantitative estimate of drug-likeness (QED) is 0.900. The fraction of sp³-hybridized carbons (Fsp3) is 0.188. The first kappa shape index (κ1) is 16.6. The summed E-state index contributed by atoms with van der Waals surface area (Å²) in [6, 6.07) is 10.6. The summed E-state index contributed by atoms with van der Waals surface area (Å²) in [6.07, 6.45) is 0. The number of nitrogens with zero attached hydrogens (tertiary/aromatic N) is 1. The Labute approximate surface area is 144 Å². The van der Waals surface area contributed by atoms with Crippen molar-refractivity contribution in [3.8, 4) is 17.6 Å². The van der Waals surface area contributed by atoms with Crippen molar-refractivity contribution in [3.05, 3.63) is 52.5 Å². The lowest BCUT2D eigenvalue weighted by Gasteiger charge is -2.15.